The average molecular weight is 387 g/mol. The van der Waals surface area contributed by atoms with E-state index in [1.165, 1.54) is 44.9 Å². The fourth-order valence-corrected chi connectivity index (χ4v) is 3.54. The summed E-state index contributed by atoms with van der Waals surface area (Å²) < 4.78 is 2.13. The van der Waals surface area contributed by atoms with Crippen molar-refractivity contribution in [3.05, 3.63) is 89.0 Å². The lowest BCUT2D eigenvalue weighted by Gasteiger charge is -2.20. The van der Waals surface area contributed by atoms with Crippen molar-refractivity contribution in [3.8, 4) is 0 Å². The van der Waals surface area contributed by atoms with Crippen LogP contribution in [0.25, 0.3) is 5.57 Å². The Morgan fingerprint density at radius 2 is 1.28 bits per heavy atom. The predicted octanol–water partition coefficient (Wildman–Crippen LogP) is 4.77. The zero-order valence-electron chi connectivity index (χ0n) is 18.7. The molecule has 3 nitrogen and oxygen atoms in total. The van der Waals surface area contributed by atoms with Gasteiger partial charge in [0, 0.05) is 51.7 Å². The Balaban J connectivity index is 2.18. The summed E-state index contributed by atoms with van der Waals surface area (Å²) in [6.07, 6.45) is 8.83. The summed E-state index contributed by atoms with van der Waals surface area (Å²) in [7, 11) is 12.5. The molecule has 0 aromatic heterocycles. The summed E-state index contributed by atoms with van der Waals surface area (Å²) in [5.41, 5.74) is 9.90. The Labute approximate surface area is 175 Å². The highest BCUT2D eigenvalue weighted by atomic mass is 15.1. The van der Waals surface area contributed by atoms with Crippen LogP contribution in [-0.4, -0.2) is 52.6 Å². The van der Waals surface area contributed by atoms with Gasteiger partial charge in [0.05, 0.1) is 0 Å². The first-order valence-electron chi connectivity index (χ1n) is 9.98. The van der Waals surface area contributed by atoms with E-state index >= 15 is 0 Å². The monoisotopic (exact) mass is 386 g/mol. The normalized spacial score (nSPS) is 12.9. The zero-order chi connectivity index (χ0) is 21.1. The van der Waals surface area contributed by atoms with Crippen molar-refractivity contribution in [3.63, 3.8) is 0 Å². The molecule has 0 amide bonds. The van der Waals surface area contributed by atoms with Gasteiger partial charge in [-0.3, -0.25) is 0 Å². The van der Waals surface area contributed by atoms with Gasteiger partial charge >= 0.3 is 0 Å². The van der Waals surface area contributed by atoms with Crippen LogP contribution < -0.4 is 9.80 Å². The molecule has 3 rings (SSSR count). The molecule has 0 heterocycles. The highest BCUT2D eigenvalue weighted by molar-refractivity contribution is 6.04. The second-order valence-corrected chi connectivity index (χ2v) is 8.15. The summed E-state index contributed by atoms with van der Waals surface area (Å²) >= 11 is 0. The second-order valence-electron chi connectivity index (χ2n) is 8.15. The standard InChI is InChI=1S/C26H32N3/c1-19-18-24(29(6)7)16-17-25(19)26(20-8-12-22(13-9-20)27(2)3)21-10-14-23(15-11-21)28(4)5/h8-18H,1-7H3/q+1. The number of rotatable bonds is 4. The van der Waals surface area contributed by atoms with Gasteiger partial charge in [0.1, 0.15) is 14.1 Å². The van der Waals surface area contributed by atoms with Crippen LogP contribution in [0.15, 0.2) is 72.3 Å². The molecule has 0 spiro atoms. The largest absolute Gasteiger partial charge is 0.378 e. The molecule has 29 heavy (non-hydrogen) atoms. The average Bonchev–Trinajstić information content (AvgIpc) is 2.70. The van der Waals surface area contributed by atoms with E-state index in [2.05, 4.69) is 130 Å². The fraction of sp³-hybridized carbons (Fsp3) is 0.269. The molecule has 0 atom stereocenters. The highest BCUT2D eigenvalue weighted by Crippen LogP contribution is 2.34. The van der Waals surface area contributed by atoms with Gasteiger partial charge in [0.2, 0.25) is 0 Å². The fourth-order valence-electron chi connectivity index (χ4n) is 3.54. The number of hydrogen-bond donors (Lipinski definition) is 0. The zero-order valence-corrected chi connectivity index (χ0v) is 18.7. The smallest absolute Gasteiger partial charge is 0.199 e. The van der Waals surface area contributed by atoms with E-state index in [-0.39, 0.29) is 0 Å². The van der Waals surface area contributed by atoms with Gasteiger partial charge in [0.15, 0.2) is 5.71 Å². The molecule has 0 radical (unpaired) electrons. The van der Waals surface area contributed by atoms with Gasteiger partial charge in [-0.2, -0.15) is 0 Å². The third-order valence-electron chi connectivity index (χ3n) is 5.34. The Morgan fingerprint density at radius 3 is 1.76 bits per heavy atom. The number of nitrogens with zero attached hydrogens (tertiary/aromatic N) is 3. The van der Waals surface area contributed by atoms with Crippen LogP contribution in [0.5, 0.6) is 0 Å². The third kappa shape index (κ3) is 4.51. The Kier molecular flexibility index (Phi) is 6.07. The lowest BCUT2D eigenvalue weighted by molar-refractivity contribution is -0.462. The summed E-state index contributed by atoms with van der Waals surface area (Å²) in [6, 6.07) is 15.5. The van der Waals surface area contributed by atoms with E-state index < -0.39 is 0 Å². The van der Waals surface area contributed by atoms with Crippen molar-refractivity contribution in [2.75, 3.05) is 52.1 Å². The molecule has 2 aromatic carbocycles. The Bertz CT molecular complexity index is 994. The molecule has 0 saturated carbocycles. The van der Waals surface area contributed by atoms with E-state index in [0.717, 1.165) is 0 Å². The van der Waals surface area contributed by atoms with E-state index in [0.29, 0.717) is 0 Å². The highest BCUT2D eigenvalue weighted by Gasteiger charge is 2.15. The third-order valence-corrected chi connectivity index (χ3v) is 5.34. The molecule has 1 aliphatic carbocycles. The van der Waals surface area contributed by atoms with E-state index in [4.69, 9.17) is 0 Å². The molecular formula is C26H32N3+. The number of aryl methyl sites for hydroxylation is 1. The van der Waals surface area contributed by atoms with Crippen molar-refractivity contribution in [1.82, 2.24) is 0 Å². The molecular weight excluding hydrogens is 354 g/mol. The quantitative estimate of drug-likeness (QED) is 0.700. The predicted molar refractivity (Wildman–Crippen MR) is 128 cm³/mol. The molecule has 0 saturated heterocycles. The molecule has 150 valence electrons. The number of benzene rings is 2. The molecule has 3 heteroatoms. The van der Waals surface area contributed by atoms with E-state index in [1.54, 1.807) is 0 Å². The molecule has 0 fully saturated rings. The molecule has 0 bridgehead atoms. The second kappa shape index (κ2) is 8.52. The van der Waals surface area contributed by atoms with Crippen LogP contribution in [0, 0.1) is 6.92 Å². The number of anilines is 2. The van der Waals surface area contributed by atoms with Crippen molar-refractivity contribution < 1.29 is 4.58 Å². The van der Waals surface area contributed by atoms with Crippen molar-refractivity contribution in [1.29, 1.82) is 0 Å². The van der Waals surface area contributed by atoms with Gasteiger partial charge in [-0.05, 0) is 71.2 Å². The van der Waals surface area contributed by atoms with E-state index in [1.807, 2.05) is 0 Å². The Morgan fingerprint density at radius 1 is 0.724 bits per heavy atom. The van der Waals surface area contributed by atoms with Crippen molar-refractivity contribution in [2.24, 2.45) is 0 Å². The first kappa shape index (κ1) is 20.7. The summed E-state index contributed by atoms with van der Waals surface area (Å²) in [6.45, 7) is 2.20. The van der Waals surface area contributed by atoms with Gasteiger partial charge in [0.25, 0.3) is 0 Å². The van der Waals surface area contributed by atoms with Gasteiger partial charge in [-0.25, -0.2) is 4.58 Å². The topological polar surface area (TPSA) is 9.49 Å². The molecule has 2 aromatic rings. The minimum Gasteiger partial charge on any atom is -0.378 e. The van der Waals surface area contributed by atoms with Gasteiger partial charge in [-0.1, -0.05) is 18.2 Å². The molecule has 0 aliphatic heterocycles. The van der Waals surface area contributed by atoms with Crippen LogP contribution >= 0.6 is 0 Å². The van der Waals surface area contributed by atoms with Crippen LogP contribution in [0.4, 0.5) is 11.4 Å². The summed E-state index contributed by atoms with van der Waals surface area (Å²) in [4.78, 5) is 4.28. The maximum Gasteiger partial charge on any atom is 0.199 e. The minimum absolute atomic E-state index is 1.20. The molecule has 1 aliphatic rings. The van der Waals surface area contributed by atoms with Crippen molar-refractivity contribution >= 4 is 22.7 Å². The molecule has 0 N–H and O–H groups in total. The Hall–Kier alpha value is -3.07. The van der Waals surface area contributed by atoms with Gasteiger partial charge in [-0.15, -0.1) is 0 Å². The first-order chi connectivity index (χ1) is 13.8. The van der Waals surface area contributed by atoms with Crippen LogP contribution in [-0.2, 0) is 0 Å². The number of allylic oxidation sites excluding steroid dienone is 5. The van der Waals surface area contributed by atoms with E-state index in [9.17, 15) is 0 Å². The minimum atomic E-state index is 1.20. The van der Waals surface area contributed by atoms with Crippen molar-refractivity contribution in [2.45, 2.75) is 6.92 Å². The molecule has 0 unspecified atom stereocenters. The maximum absolute atomic E-state index is 2.26. The SMILES string of the molecule is Cc1cc(N(C)C)ccc1C(=C1C=CC(=[N+](C)C)C=C1)c1ccc(N(C)C)cc1. The first-order valence-corrected chi connectivity index (χ1v) is 9.98. The summed E-state index contributed by atoms with van der Waals surface area (Å²) in [5, 5.41) is 0. The maximum atomic E-state index is 2.26. The lowest BCUT2D eigenvalue weighted by atomic mass is 9.88. The number of hydrogen-bond acceptors (Lipinski definition) is 2. The van der Waals surface area contributed by atoms with Gasteiger partial charge < -0.3 is 9.80 Å². The summed E-state index contributed by atoms with van der Waals surface area (Å²) in [5.74, 6) is 0. The lowest BCUT2D eigenvalue weighted by Crippen LogP contribution is -2.11. The van der Waals surface area contributed by atoms with Crippen LogP contribution in [0.2, 0.25) is 0 Å². The van der Waals surface area contributed by atoms with Crippen LogP contribution in [0.1, 0.15) is 16.7 Å². The van der Waals surface area contributed by atoms with Crippen LogP contribution in [0.3, 0.4) is 0 Å².